The molecule has 0 spiro atoms. The molecule has 0 fully saturated rings. The van der Waals surface area contributed by atoms with Crippen LogP contribution >= 0.6 is 0 Å². The van der Waals surface area contributed by atoms with E-state index in [1.54, 1.807) is 20.3 Å². The number of methoxy groups -OCH3 is 1. The topological polar surface area (TPSA) is 58.7 Å². The number of oxazole rings is 1. The first-order valence-corrected chi connectivity index (χ1v) is 7.50. The van der Waals surface area contributed by atoms with Crippen LogP contribution in [-0.4, -0.2) is 40.8 Å². The van der Waals surface area contributed by atoms with E-state index >= 15 is 0 Å². The third-order valence-corrected chi connectivity index (χ3v) is 3.48. The molecular formula is C17H24N2O3. The van der Waals surface area contributed by atoms with Crippen LogP contribution < -0.4 is 4.74 Å². The van der Waals surface area contributed by atoms with Gasteiger partial charge >= 0.3 is 0 Å². The molecule has 0 aliphatic carbocycles. The van der Waals surface area contributed by atoms with Gasteiger partial charge in [-0.15, -0.1) is 0 Å². The van der Waals surface area contributed by atoms with Crippen molar-refractivity contribution < 1.29 is 14.3 Å². The normalized spacial score (nSPS) is 12.9. The van der Waals surface area contributed by atoms with Gasteiger partial charge in [0.2, 0.25) is 5.89 Å². The Morgan fingerprint density at radius 2 is 1.91 bits per heavy atom. The number of aliphatic hydroxyl groups is 1. The number of ether oxygens (including phenoxy) is 1. The predicted octanol–water partition coefficient (Wildman–Crippen LogP) is 2.94. The quantitative estimate of drug-likeness (QED) is 0.852. The number of hydrogen-bond donors (Lipinski definition) is 1. The molecule has 0 radical (unpaired) electrons. The molecule has 0 aliphatic heterocycles. The molecule has 0 aliphatic rings. The van der Waals surface area contributed by atoms with Crippen LogP contribution in [0.15, 0.2) is 34.9 Å². The largest absolute Gasteiger partial charge is 0.497 e. The van der Waals surface area contributed by atoms with Gasteiger partial charge in [-0.3, -0.25) is 4.90 Å². The number of hydrogen-bond acceptors (Lipinski definition) is 5. The molecule has 22 heavy (non-hydrogen) atoms. The van der Waals surface area contributed by atoms with Crippen molar-refractivity contribution in [1.82, 2.24) is 9.88 Å². The third kappa shape index (κ3) is 4.32. The zero-order valence-electron chi connectivity index (χ0n) is 13.6. The van der Waals surface area contributed by atoms with Crippen LogP contribution in [0.1, 0.15) is 26.5 Å². The number of aromatic nitrogens is 1. The summed E-state index contributed by atoms with van der Waals surface area (Å²) in [6, 6.07) is 7.94. The van der Waals surface area contributed by atoms with E-state index in [4.69, 9.17) is 9.15 Å². The van der Waals surface area contributed by atoms with Crippen LogP contribution in [0.5, 0.6) is 5.75 Å². The van der Waals surface area contributed by atoms with Crippen molar-refractivity contribution in [2.45, 2.75) is 39.5 Å². The molecule has 1 atom stereocenters. The summed E-state index contributed by atoms with van der Waals surface area (Å²) in [5.41, 5.74) is 1.78. The lowest BCUT2D eigenvalue weighted by Crippen LogP contribution is -2.36. The summed E-state index contributed by atoms with van der Waals surface area (Å²) < 4.78 is 10.7. The minimum Gasteiger partial charge on any atom is -0.497 e. The number of nitrogens with zero attached hydrogens (tertiary/aromatic N) is 2. The Balaban J connectivity index is 2.09. The van der Waals surface area contributed by atoms with E-state index in [2.05, 4.69) is 23.7 Å². The van der Waals surface area contributed by atoms with E-state index in [0.29, 0.717) is 25.0 Å². The number of aliphatic hydroxyl groups excluding tert-OH is 1. The lowest BCUT2D eigenvalue weighted by molar-refractivity contribution is 0.102. The Labute approximate surface area is 131 Å². The van der Waals surface area contributed by atoms with E-state index in [1.165, 1.54) is 0 Å². The van der Waals surface area contributed by atoms with Gasteiger partial charge in [0.25, 0.3) is 0 Å². The molecule has 5 heteroatoms. The molecule has 120 valence electrons. The van der Waals surface area contributed by atoms with E-state index < -0.39 is 0 Å². The smallest absolute Gasteiger partial charge is 0.226 e. The molecule has 1 heterocycles. The minimum atomic E-state index is -0.365. The molecule has 1 N–H and O–H groups in total. The lowest BCUT2D eigenvalue weighted by atomic mass is 10.2. The summed E-state index contributed by atoms with van der Waals surface area (Å²) >= 11 is 0. The summed E-state index contributed by atoms with van der Waals surface area (Å²) in [7, 11) is 1.64. The first-order valence-electron chi connectivity index (χ1n) is 7.50. The molecular weight excluding hydrogens is 280 g/mol. The first kappa shape index (κ1) is 16.5. The van der Waals surface area contributed by atoms with Crippen molar-refractivity contribution in [1.29, 1.82) is 0 Å². The summed E-state index contributed by atoms with van der Waals surface area (Å²) in [5.74, 6) is 1.40. The van der Waals surface area contributed by atoms with E-state index in [-0.39, 0.29) is 6.10 Å². The maximum absolute atomic E-state index is 9.58. The van der Waals surface area contributed by atoms with Gasteiger partial charge in [-0.25, -0.2) is 4.98 Å². The van der Waals surface area contributed by atoms with Gasteiger partial charge in [0.05, 0.1) is 18.9 Å². The summed E-state index contributed by atoms with van der Waals surface area (Å²) in [6.07, 6.45) is 1.31. The van der Waals surface area contributed by atoms with Gasteiger partial charge in [-0.1, -0.05) is 0 Å². The fourth-order valence-corrected chi connectivity index (χ4v) is 2.25. The molecule has 1 unspecified atom stereocenters. The van der Waals surface area contributed by atoms with Crippen LogP contribution in [0.25, 0.3) is 11.5 Å². The van der Waals surface area contributed by atoms with Crippen LogP contribution in [0.2, 0.25) is 0 Å². The highest BCUT2D eigenvalue weighted by Gasteiger charge is 2.15. The molecule has 2 aromatic rings. The molecule has 0 amide bonds. The monoisotopic (exact) mass is 304 g/mol. The average molecular weight is 304 g/mol. The Hall–Kier alpha value is -1.85. The SMILES string of the molecule is COc1ccc(-c2nc(CN(CC(C)O)C(C)C)co2)cc1. The number of benzene rings is 1. The molecule has 0 saturated heterocycles. The van der Waals surface area contributed by atoms with Crippen LogP contribution in [0.4, 0.5) is 0 Å². The van der Waals surface area contributed by atoms with Gasteiger partial charge in [-0.2, -0.15) is 0 Å². The molecule has 0 bridgehead atoms. The van der Waals surface area contributed by atoms with Crippen LogP contribution in [-0.2, 0) is 6.54 Å². The van der Waals surface area contributed by atoms with Crippen LogP contribution in [0, 0.1) is 0 Å². The van der Waals surface area contributed by atoms with E-state index in [1.807, 2.05) is 24.3 Å². The highest BCUT2D eigenvalue weighted by Crippen LogP contribution is 2.22. The van der Waals surface area contributed by atoms with Gasteiger partial charge in [0.1, 0.15) is 12.0 Å². The van der Waals surface area contributed by atoms with E-state index in [0.717, 1.165) is 17.0 Å². The van der Waals surface area contributed by atoms with Gasteiger partial charge in [0, 0.05) is 24.7 Å². The van der Waals surface area contributed by atoms with E-state index in [9.17, 15) is 5.11 Å². The lowest BCUT2D eigenvalue weighted by Gasteiger charge is -2.26. The van der Waals surface area contributed by atoms with Gasteiger partial charge in [-0.05, 0) is 45.0 Å². The Morgan fingerprint density at radius 3 is 2.45 bits per heavy atom. The molecule has 1 aromatic heterocycles. The van der Waals surface area contributed by atoms with Crippen LogP contribution in [0.3, 0.4) is 0 Å². The number of rotatable bonds is 7. The summed E-state index contributed by atoms with van der Waals surface area (Å²) in [4.78, 5) is 6.70. The third-order valence-electron chi connectivity index (χ3n) is 3.48. The van der Waals surface area contributed by atoms with Crippen molar-refractivity contribution in [2.75, 3.05) is 13.7 Å². The summed E-state index contributed by atoms with van der Waals surface area (Å²) in [6.45, 7) is 7.27. The minimum absolute atomic E-state index is 0.329. The second-order valence-corrected chi connectivity index (χ2v) is 5.74. The molecule has 5 nitrogen and oxygen atoms in total. The highest BCUT2D eigenvalue weighted by atomic mass is 16.5. The second-order valence-electron chi connectivity index (χ2n) is 5.74. The maximum atomic E-state index is 9.58. The van der Waals surface area contributed by atoms with Crippen molar-refractivity contribution in [3.05, 3.63) is 36.2 Å². The Bertz CT molecular complexity index is 576. The predicted molar refractivity (Wildman–Crippen MR) is 85.7 cm³/mol. The van der Waals surface area contributed by atoms with Crippen molar-refractivity contribution in [3.63, 3.8) is 0 Å². The Morgan fingerprint density at radius 1 is 1.23 bits per heavy atom. The molecule has 2 rings (SSSR count). The average Bonchev–Trinajstić information content (AvgIpc) is 2.94. The highest BCUT2D eigenvalue weighted by molar-refractivity contribution is 5.54. The molecule has 1 aromatic carbocycles. The van der Waals surface area contributed by atoms with Crippen molar-refractivity contribution in [2.24, 2.45) is 0 Å². The van der Waals surface area contributed by atoms with Crippen molar-refractivity contribution >= 4 is 0 Å². The standard InChI is InChI=1S/C17H24N2O3/c1-12(2)19(9-13(3)20)10-15-11-22-17(18-15)14-5-7-16(21-4)8-6-14/h5-8,11-13,20H,9-10H2,1-4H3. The zero-order chi connectivity index (χ0) is 16.1. The fraction of sp³-hybridized carbons (Fsp3) is 0.471. The zero-order valence-corrected chi connectivity index (χ0v) is 13.6. The summed E-state index contributed by atoms with van der Waals surface area (Å²) in [5, 5.41) is 9.58. The van der Waals surface area contributed by atoms with Gasteiger partial charge in [0.15, 0.2) is 0 Å². The fourth-order valence-electron chi connectivity index (χ4n) is 2.25. The maximum Gasteiger partial charge on any atom is 0.226 e. The Kier molecular flexibility index (Phi) is 5.57. The van der Waals surface area contributed by atoms with Gasteiger partial charge < -0.3 is 14.3 Å². The second kappa shape index (κ2) is 7.42. The van der Waals surface area contributed by atoms with Crippen molar-refractivity contribution in [3.8, 4) is 17.2 Å². The molecule has 0 saturated carbocycles. The first-order chi connectivity index (χ1) is 10.5.